The van der Waals surface area contributed by atoms with E-state index in [4.69, 9.17) is 0 Å². The zero-order valence-corrected chi connectivity index (χ0v) is 7.57. The molecule has 0 rings (SSSR count). The first-order valence-electron chi connectivity index (χ1n) is 4.14. The van der Waals surface area contributed by atoms with E-state index in [-0.39, 0.29) is 0 Å². The van der Waals surface area contributed by atoms with Gasteiger partial charge in [0.15, 0.2) is 0 Å². The predicted molar refractivity (Wildman–Crippen MR) is 46.7 cm³/mol. The van der Waals surface area contributed by atoms with Gasteiger partial charge in [0.1, 0.15) is 0 Å². The van der Waals surface area contributed by atoms with Gasteiger partial charge in [0, 0.05) is 5.92 Å². The Morgan fingerprint density at radius 1 is 1.30 bits per heavy atom. The maximum atomic E-state index is 3.23. The molecule has 10 heavy (non-hydrogen) atoms. The van der Waals surface area contributed by atoms with E-state index < -0.39 is 0 Å². The highest BCUT2D eigenvalue weighted by Gasteiger charge is 2.07. The van der Waals surface area contributed by atoms with Crippen LogP contribution in [0.3, 0.4) is 0 Å². The molecule has 0 aliphatic rings. The van der Waals surface area contributed by atoms with Crippen molar-refractivity contribution < 1.29 is 0 Å². The zero-order valence-electron chi connectivity index (χ0n) is 7.57. The molecule has 0 N–H and O–H groups in total. The third-order valence-electron chi connectivity index (χ3n) is 1.73. The highest BCUT2D eigenvalue weighted by molar-refractivity contribution is 5.01. The topological polar surface area (TPSA) is 0 Å². The minimum atomic E-state index is 0.620. The second-order valence-corrected chi connectivity index (χ2v) is 3.03. The monoisotopic (exact) mass is 138 g/mol. The van der Waals surface area contributed by atoms with Crippen LogP contribution in [0.5, 0.6) is 0 Å². The third-order valence-corrected chi connectivity index (χ3v) is 1.73. The Morgan fingerprint density at radius 3 is 2.20 bits per heavy atom. The molecular formula is C10H18. The normalized spacial score (nSPS) is 12.5. The second-order valence-electron chi connectivity index (χ2n) is 3.03. The summed E-state index contributed by atoms with van der Waals surface area (Å²) < 4.78 is 0. The van der Waals surface area contributed by atoms with Crippen LogP contribution < -0.4 is 0 Å². The summed E-state index contributed by atoms with van der Waals surface area (Å²) in [6, 6.07) is 0. The molecule has 0 heterocycles. The van der Waals surface area contributed by atoms with E-state index in [9.17, 15) is 0 Å². The summed E-state index contributed by atoms with van der Waals surface area (Å²) in [4.78, 5) is 0. The fraction of sp³-hybridized carbons (Fsp3) is 0.800. The van der Waals surface area contributed by atoms with Crippen LogP contribution in [0.25, 0.3) is 0 Å². The van der Waals surface area contributed by atoms with Crippen molar-refractivity contribution >= 4 is 0 Å². The first kappa shape index (κ1) is 9.56. The Kier molecular flexibility index (Phi) is 5.12. The predicted octanol–water partition coefficient (Wildman–Crippen LogP) is 3.08. The summed E-state index contributed by atoms with van der Waals surface area (Å²) >= 11 is 0. The molecule has 0 aliphatic heterocycles. The minimum Gasteiger partial charge on any atom is -0.106 e. The standard InChI is InChI=1S/C10H18/c1-5-7-10(8-6-2)9(3)4/h9-10H,5,7H2,1-4H3. The van der Waals surface area contributed by atoms with Gasteiger partial charge in [-0.25, -0.2) is 0 Å². The molecule has 58 valence electrons. The lowest BCUT2D eigenvalue weighted by atomic mass is 9.92. The van der Waals surface area contributed by atoms with Gasteiger partial charge in [0.05, 0.1) is 0 Å². The summed E-state index contributed by atoms with van der Waals surface area (Å²) in [5, 5.41) is 0. The molecular weight excluding hydrogens is 120 g/mol. The van der Waals surface area contributed by atoms with Gasteiger partial charge in [-0.1, -0.05) is 33.1 Å². The Hall–Kier alpha value is -0.440. The molecule has 0 bridgehead atoms. The van der Waals surface area contributed by atoms with Gasteiger partial charge in [-0.3, -0.25) is 0 Å². The molecule has 0 amide bonds. The van der Waals surface area contributed by atoms with E-state index >= 15 is 0 Å². The van der Waals surface area contributed by atoms with Crippen LogP contribution in [0.1, 0.15) is 40.5 Å². The quantitative estimate of drug-likeness (QED) is 0.526. The average Bonchev–Trinajstić information content (AvgIpc) is 1.87. The molecule has 1 atom stereocenters. The fourth-order valence-electron chi connectivity index (χ4n) is 1.07. The van der Waals surface area contributed by atoms with Gasteiger partial charge >= 0.3 is 0 Å². The molecule has 0 heteroatoms. The molecule has 0 fully saturated rings. The van der Waals surface area contributed by atoms with E-state index in [0.717, 1.165) is 0 Å². The van der Waals surface area contributed by atoms with Gasteiger partial charge in [-0.15, -0.1) is 5.92 Å². The first-order chi connectivity index (χ1) is 4.72. The van der Waals surface area contributed by atoms with Gasteiger partial charge in [0.25, 0.3) is 0 Å². The number of rotatable bonds is 3. The minimum absolute atomic E-state index is 0.620. The summed E-state index contributed by atoms with van der Waals surface area (Å²) in [5.41, 5.74) is 0. The van der Waals surface area contributed by atoms with Crippen LogP contribution >= 0.6 is 0 Å². The van der Waals surface area contributed by atoms with Gasteiger partial charge in [-0.2, -0.15) is 0 Å². The summed E-state index contributed by atoms with van der Waals surface area (Å²) in [5.74, 6) is 7.55. The van der Waals surface area contributed by atoms with Gasteiger partial charge < -0.3 is 0 Å². The number of hydrogen-bond acceptors (Lipinski definition) is 0. The third kappa shape index (κ3) is 3.56. The highest BCUT2D eigenvalue weighted by atomic mass is 14.1. The lowest BCUT2D eigenvalue weighted by Crippen LogP contribution is -2.05. The molecule has 0 aromatic heterocycles. The number of hydrogen-bond donors (Lipinski definition) is 0. The van der Waals surface area contributed by atoms with Crippen molar-refractivity contribution in [3.05, 3.63) is 0 Å². The van der Waals surface area contributed by atoms with Crippen molar-refractivity contribution in [3.8, 4) is 11.8 Å². The van der Waals surface area contributed by atoms with Crippen molar-refractivity contribution in [2.45, 2.75) is 40.5 Å². The van der Waals surface area contributed by atoms with Crippen LogP contribution in [-0.2, 0) is 0 Å². The largest absolute Gasteiger partial charge is 0.106 e. The molecule has 0 saturated carbocycles. The van der Waals surface area contributed by atoms with Crippen molar-refractivity contribution in [1.82, 2.24) is 0 Å². The lowest BCUT2D eigenvalue weighted by molar-refractivity contribution is 0.446. The molecule has 0 aromatic rings. The van der Waals surface area contributed by atoms with Crippen LogP contribution in [0, 0.1) is 23.7 Å². The zero-order chi connectivity index (χ0) is 7.98. The van der Waals surface area contributed by atoms with Crippen LogP contribution in [0.4, 0.5) is 0 Å². The smallest absolute Gasteiger partial charge is 0.0225 e. The second kappa shape index (κ2) is 5.35. The Morgan fingerprint density at radius 2 is 1.90 bits per heavy atom. The lowest BCUT2D eigenvalue weighted by Gasteiger charge is -2.12. The van der Waals surface area contributed by atoms with E-state index in [0.29, 0.717) is 11.8 Å². The SMILES string of the molecule is CC#CC(CCC)C(C)C. The Bertz CT molecular complexity index is 123. The molecule has 0 radical (unpaired) electrons. The van der Waals surface area contributed by atoms with Gasteiger partial charge in [0.2, 0.25) is 0 Å². The van der Waals surface area contributed by atoms with Crippen molar-refractivity contribution in [2.75, 3.05) is 0 Å². The Balaban J connectivity index is 3.81. The summed E-state index contributed by atoms with van der Waals surface area (Å²) in [6.45, 7) is 8.62. The van der Waals surface area contributed by atoms with Crippen LogP contribution in [-0.4, -0.2) is 0 Å². The van der Waals surface area contributed by atoms with Crippen LogP contribution in [0.15, 0.2) is 0 Å². The Labute approximate surface area is 65.0 Å². The molecule has 1 unspecified atom stereocenters. The van der Waals surface area contributed by atoms with Crippen molar-refractivity contribution in [2.24, 2.45) is 11.8 Å². The molecule has 0 saturated heterocycles. The molecule has 0 nitrogen and oxygen atoms in total. The average molecular weight is 138 g/mol. The fourth-order valence-corrected chi connectivity index (χ4v) is 1.07. The molecule has 0 aromatic carbocycles. The summed E-state index contributed by atoms with van der Waals surface area (Å²) in [7, 11) is 0. The first-order valence-corrected chi connectivity index (χ1v) is 4.14. The maximum Gasteiger partial charge on any atom is 0.0225 e. The summed E-state index contributed by atoms with van der Waals surface area (Å²) in [6.07, 6.45) is 2.50. The van der Waals surface area contributed by atoms with E-state index in [1.165, 1.54) is 12.8 Å². The van der Waals surface area contributed by atoms with Crippen molar-refractivity contribution in [1.29, 1.82) is 0 Å². The van der Waals surface area contributed by atoms with Crippen LogP contribution in [0.2, 0.25) is 0 Å². The van der Waals surface area contributed by atoms with E-state index in [2.05, 4.69) is 32.6 Å². The van der Waals surface area contributed by atoms with E-state index in [1.807, 2.05) is 6.92 Å². The van der Waals surface area contributed by atoms with Crippen molar-refractivity contribution in [3.63, 3.8) is 0 Å². The maximum absolute atomic E-state index is 3.23. The van der Waals surface area contributed by atoms with Gasteiger partial charge in [-0.05, 0) is 19.3 Å². The molecule has 0 spiro atoms. The highest BCUT2D eigenvalue weighted by Crippen LogP contribution is 2.15. The van der Waals surface area contributed by atoms with E-state index in [1.54, 1.807) is 0 Å². The molecule has 0 aliphatic carbocycles.